The third-order valence-corrected chi connectivity index (χ3v) is 9.68. The van der Waals surface area contributed by atoms with Gasteiger partial charge in [0, 0.05) is 23.7 Å². The van der Waals surface area contributed by atoms with Crippen LogP contribution >= 0.6 is 0 Å². The van der Waals surface area contributed by atoms with Crippen molar-refractivity contribution in [2.75, 3.05) is 17.2 Å². The van der Waals surface area contributed by atoms with E-state index >= 15 is 0 Å². The fraction of sp³-hybridized carbons (Fsp3) is 0.560. The number of nitrogens with one attached hydrogen (secondary N) is 1. The average Bonchev–Trinajstić information content (AvgIpc) is 3.48. The third-order valence-electron chi connectivity index (χ3n) is 8.45. The van der Waals surface area contributed by atoms with Gasteiger partial charge in [0.05, 0.1) is 5.56 Å². The molecule has 2 aromatic rings. The largest absolute Gasteiger partial charge is 0.384 e. The first-order valence-electron chi connectivity index (χ1n) is 12.1. The van der Waals surface area contributed by atoms with E-state index in [4.69, 9.17) is 10.7 Å². The topological polar surface area (TPSA) is 118 Å². The molecule has 8 nitrogen and oxygen atoms in total. The Labute approximate surface area is 201 Å². The Kier molecular flexibility index (Phi) is 5.58. The summed E-state index contributed by atoms with van der Waals surface area (Å²) in [5.41, 5.74) is 6.73. The molecule has 1 saturated heterocycles. The van der Waals surface area contributed by atoms with Crippen LogP contribution in [0, 0.1) is 17.8 Å². The van der Waals surface area contributed by atoms with Crippen molar-refractivity contribution in [3.05, 3.63) is 41.6 Å². The van der Waals surface area contributed by atoms with Crippen LogP contribution in [0.15, 0.2) is 35.4 Å². The molecular weight excluding hydrogens is 450 g/mol. The van der Waals surface area contributed by atoms with Gasteiger partial charge < -0.3 is 10.6 Å². The smallest absolute Gasteiger partial charge is 0.281 e. The second kappa shape index (κ2) is 8.22. The van der Waals surface area contributed by atoms with E-state index in [0.717, 1.165) is 31.0 Å². The number of nitrogens with zero attached hydrogens (tertiary/aromatic N) is 3. The maximum absolute atomic E-state index is 13.3. The Morgan fingerprint density at radius 3 is 2.53 bits per heavy atom. The van der Waals surface area contributed by atoms with Crippen LogP contribution in [0.5, 0.6) is 0 Å². The minimum Gasteiger partial charge on any atom is -0.384 e. The minimum absolute atomic E-state index is 0.0701. The molecule has 4 atom stereocenters. The Bertz CT molecular complexity index is 1230. The van der Waals surface area contributed by atoms with E-state index in [9.17, 15) is 13.2 Å². The number of hydrogen-bond donors (Lipinski definition) is 2. The van der Waals surface area contributed by atoms with Crippen LogP contribution in [0.4, 0.5) is 11.6 Å². The fourth-order valence-electron chi connectivity index (χ4n) is 6.08. The molecule has 2 saturated carbocycles. The minimum atomic E-state index is -4.18. The van der Waals surface area contributed by atoms with Gasteiger partial charge in [-0.25, -0.2) is 14.7 Å². The maximum Gasteiger partial charge on any atom is 0.281 e. The number of nitrogen functional groups attached to an aromatic ring is 1. The summed E-state index contributed by atoms with van der Waals surface area (Å²) in [4.78, 5) is 24.4. The van der Waals surface area contributed by atoms with Gasteiger partial charge in [-0.3, -0.25) is 4.79 Å². The molecular formula is C25H33N5O3S. The number of sulfonamides is 1. The number of rotatable bonds is 5. The van der Waals surface area contributed by atoms with Crippen LogP contribution in [0.1, 0.15) is 74.8 Å². The number of carbonyl (C=O) groups excluding carboxylic acids is 1. The summed E-state index contributed by atoms with van der Waals surface area (Å²) in [6.07, 6.45) is 5.95. The van der Waals surface area contributed by atoms with Gasteiger partial charge in [0.15, 0.2) is 5.03 Å². The Morgan fingerprint density at radius 2 is 1.91 bits per heavy atom. The second-order valence-electron chi connectivity index (χ2n) is 10.7. The average molecular weight is 484 g/mol. The van der Waals surface area contributed by atoms with Gasteiger partial charge >= 0.3 is 0 Å². The molecule has 3 fully saturated rings. The predicted molar refractivity (Wildman–Crippen MR) is 131 cm³/mol. The van der Waals surface area contributed by atoms with Crippen molar-refractivity contribution < 1.29 is 13.2 Å². The first-order valence-corrected chi connectivity index (χ1v) is 13.6. The van der Waals surface area contributed by atoms with Crippen LogP contribution in [0.2, 0.25) is 0 Å². The molecule has 34 heavy (non-hydrogen) atoms. The zero-order chi connectivity index (χ0) is 24.3. The number of anilines is 2. The molecule has 3 aliphatic rings. The van der Waals surface area contributed by atoms with Crippen molar-refractivity contribution in [2.45, 2.75) is 69.4 Å². The Hall–Kier alpha value is -2.68. The number of carbonyl (C=O) groups is 1. The lowest BCUT2D eigenvalue weighted by Crippen LogP contribution is -2.44. The quantitative estimate of drug-likeness (QED) is 0.665. The van der Waals surface area contributed by atoms with Gasteiger partial charge in [-0.1, -0.05) is 19.4 Å². The van der Waals surface area contributed by atoms with E-state index in [0.29, 0.717) is 23.6 Å². The molecule has 1 aliphatic heterocycles. The first kappa shape index (κ1) is 23.1. The number of nitrogens with two attached hydrogens (primary N) is 1. The zero-order valence-corrected chi connectivity index (χ0v) is 20.8. The summed E-state index contributed by atoms with van der Waals surface area (Å²) >= 11 is 0. The van der Waals surface area contributed by atoms with E-state index in [1.165, 1.54) is 37.5 Å². The summed E-state index contributed by atoms with van der Waals surface area (Å²) < 4.78 is 27.9. The van der Waals surface area contributed by atoms with Crippen molar-refractivity contribution in [3.8, 4) is 0 Å². The van der Waals surface area contributed by atoms with E-state index in [1.807, 2.05) is 6.07 Å². The molecule has 0 spiro atoms. The number of fused-ring (bicyclic) bond motifs is 2. The summed E-state index contributed by atoms with van der Waals surface area (Å²) in [5.74, 6) is 2.20. The molecule has 9 heteroatoms. The molecule has 1 amide bonds. The van der Waals surface area contributed by atoms with Gasteiger partial charge in [-0.15, -0.1) is 0 Å². The number of hydrogen-bond acceptors (Lipinski definition) is 7. The van der Waals surface area contributed by atoms with Crippen LogP contribution in [-0.2, 0) is 10.0 Å². The van der Waals surface area contributed by atoms with Crippen molar-refractivity contribution in [1.82, 2.24) is 14.7 Å². The van der Waals surface area contributed by atoms with Crippen molar-refractivity contribution in [3.63, 3.8) is 0 Å². The number of amides is 1. The monoisotopic (exact) mass is 483 g/mol. The lowest BCUT2D eigenvalue weighted by atomic mass is 9.86. The van der Waals surface area contributed by atoms with Gasteiger partial charge in [0.25, 0.3) is 15.9 Å². The lowest BCUT2D eigenvalue weighted by Gasteiger charge is -2.37. The molecule has 2 aliphatic carbocycles. The fourth-order valence-corrected chi connectivity index (χ4v) is 7.02. The highest BCUT2D eigenvalue weighted by molar-refractivity contribution is 7.90. The Morgan fingerprint density at radius 1 is 1.12 bits per heavy atom. The standard InChI is InChI=1S/C25H33N5O3S/c1-15-11-12-30(25(15,2)3)23-18(9-10-20(27-23)19-14-16-7-8-17(19)13-16)24(31)29-34(32,33)22-6-4-5-21(26)28-22/h4-6,9-10,15-17,19H,7-8,11-14H2,1-3H3,(H2,26,28)(H,29,31). The summed E-state index contributed by atoms with van der Waals surface area (Å²) in [6, 6.07) is 7.97. The van der Waals surface area contributed by atoms with Gasteiger partial charge in [-0.05, 0) is 81.5 Å². The van der Waals surface area contributed by atoms with E-state index < -0.39 is 15.9 Å². The Balaban J connectivity index is 1.51. The normalized spacial score (nSPS) is 27.8. The highest BCUT2D eigenvalue weighted by Gasteiger charge is 2.43. The second-order valence-corrected chi connectivity index (χ2v) is 12.3. The van der Waals surface area contributed by atoms with Gasteiger partial charge in [0.2, 0.25) is 0 Å². The summed E-state index contributed by atoms with van der Waals surface area (Å²) in [5, 5.41) is -0.288. The third kappa shape index (κ3) is 3.93. The van der Waals surface area contributed by atoms with Crippen molar-refractivity contribution >= 4 is 27.6 Å². The van der Waals surface area contributed by atoms with Crippen LogP contribution in [0.25, 0.3) is 0 Å². The van der Waals surface area contributed by atoms with Gasteiger partial charge in [0.1, 0.15) is 11.6 Å². The molecule has 0 aromatic carbocycles. The van der Waals surface area contributed by atoms with Crippen LogP contribution in [0.3, 0.4) is 0 Å². The number of aromatic nitrogens is 2. The molecule has 2 aromatic heterocycles. The highest BCUT2D eigenvalue weighted by atomic mass is 32.2. The van der Waals surface area contributed by atoms with E-state index in [-0.39, 0.29) is 21.9 Å². The van der Waals surface area contributed by atoms with Crippen LogP contribution in [-0.4, -0.2) is 36.4 Å². The van der Waals surface area contributed by atoms with Crippen molar-refractivity contribution in [2.24, 2.45) is 17.8 Å². The van der Waals surface area contributed by atoms with E-state index in [2.05, 4.69) is 35.4 Å². The molecule has 2 bridgehead atoms. The first-order chi connectivity index (χ1) is 16.1. The molecule has 0 radical (unpaired) electrons. The van der Waals surface area contributed by atoms with E-state index in [1.54, 1.807) is 6.07 Å². The number of pyridine rings is 2. The van der Waals surface area contributed by atoms with Crippen LogP contribution < -0.4 is 15.4 Å². The summed E-state index contributed by atoms with van der Waals surface area (Å²) in [6.45, 7) is 7.29. The summed E-state index contributed by atoms with van der Waals surface area (Å²) in [7, 11) is -4.18. The highest BCUT2D eigenvalue weighted by Crippen LogP contribution is 2.53. The predicted octanol–water partition coefficient (Wildman–Crippen LogP) is 3.71. The maximum atomic E-state index is 13.3. The molecule has 3 heterocycles. The van der Waals surface area contributed by atoms with Crippen molar-refractivity contribution in [1.29, 1.82) is 0 Å². The SMILES string of the molecule is CC1CCN(c2nc(C3CC4CCC3C4)ccc2C(=O)NS(=O)(=O)c2cccc(N)n2)C1(C)C. The molecule has 5 rings (SSSR count). The molecule has 182 valence electrons. The zero-order valence-electron chi connectivity index (χ0n) is 20.0. The molecule has 4 unspecified atom stereocenters. The van der Waals surface area contributed by atoms with Gasteiger partial charge in [-0.2, -0.15) is 8.42 Å². The lowest BCUT2D eigenvalue weighted by molar-refractivity contribution is 0.0981. The molecule has 3 N–H and O–H groups in total.